The highest BCUT2D eigenvalue weighted by molar-refractivity contribution is 5.89. The van der Waals surface area contributed by atoms with Crippen molar-refractivity contribution in [3.05, 3.63) is 95.2 Å². The van der Waals surface area contributed by atoms with Crippen LogP contribution in [-0.4, -0.2) is 36.6 Å². The monoisotopic (exact) mass is 457 g/mol. The highest BCUT2D eigenvalue weighted by atomic mass is 16.5. The zero-order valence-electron chi connectivity index (χ0n) is 19.6. The molecule has 6 nitrogen and oxygen atoms in total. The minimum absolute atomic E-state index is 0.0915. The average molecular weight is 458 g/mol. The predicted octanol–water partition coefficient (Wildman–Crippen LogP) is 4.70. The number of piperidine rings is 1. The van der Waals surface area contributed by atoms with Crippen molar-refractivity contribution in [2.24, 2.45) is 0 Å². The SMILES string of the molecule is CCOC(=O)c1ccc(CC(=O)NC(c2ccccc2)c2cccnc2N2CCCCC2)cc1. The van der Waals surface area contributed by atoms with E-state index in [2.05, 4.69) is 16.3 Å². The van der Waals surface area contributed by atoms with Gasteiger partial charge in [0.25, 0.3) is 0 Å². The topological polar surface area (TPSA) is 71.5 Å². The second-order valence-corrected chi connectivity index (χ2v) is 8.47. The van der Waals surface area contributed by atoms with Gasteiger partial charge in [-0.25, -0.2) is 9.78 Å². The zero-order valence-corrected chi connectivity index (χ0v) is 19.6. The van der Waals surface area contributed by atoms with Crippen LogP contribution in [0.2, 0.25) is 0 Å². The summed E-state index contributed by atoms with van der Waals surface area (Å²) >= 11 is 0. The van der Waals surface area contributed by atoms with Gasteiger partial charge in [-0.1, -0.05) is 48.5 Å². The molecule has 0 saturated carbocycles. The van der Waals surface area contributed by atoms with Crippen LogP contribution in [0, 0.1) is 0 Å². The lowest BCUT2D eigenvalue weighted by Gasteiger charge is -2.31. The van der Waals surface area contributed by atoms with Gasteiger partial charge < -0.3 is 15.0 Å². The van der Waals surface area contributed by atoms with Crippen LogP contribution in [0.25, 0.3) is 0 Å². The summed E-state index contributed by atoms with van der Waals surface area (Å²) in [6, 6.07) is 20.7. The molecule has 0 bridgehead atoms. The Labute approximate surface area is 201 Å². The van der Waals surface area contributed by atoms with Crippen molar-refractivity contribution in [1.82, 2.24) is 10.3 Å². The van der Waals surface area contributed by atoms with Crippen LogP contribution in [0.15, 0.2) is 72.9 Å². The van der Waals surface area contributed by atoms with Crippen LogP contribution in [-0.2, 0) is 16.0 Å². The van der Waals surface area contributed by atoms with Crippen LogP contribution >= 0.6 is 0 Å². The van der Waals surface area contributed by atoms with Gasteiger partial charge in [-0.3, -0.25) is 4.79 Å². The number of benzene rings is 2. The molecule has 0 radical (unpaired) electrons. The van der Waals surface area contributed by atoms with E-state index in [-0.39, 0.29) is 24.3 Å². The second-order valence-electron chi connectivity index (χ2n) is 8.47. The van der Waals surface area contributed by atoms with E-state index in [0.717, 1.165) is 48.4 Å². The molecule has 0 aliphatic carbocycles. The maximum atomic E-state index is 13.1. The number of ether oxygens (including phenoxy) is 1. The van der Waals surface area contributed by atoms with E-state index in [9.17, 15) is 9.59 Å². The van der Waals surface area contributed by atoms with Crippen LogP contribution in [0.4, 0.5) is 5.82 Å². The molecule has 1 unspecified atom stereocenters. The number of hydrogen-bond acceptors (Lipinski definition) is 5. The van der Waals surface area contributed by atoms with Gasteiger partial charge >= 0.3 is 5.97 Å². The lowest BCUT2D eigenvalue weighted by molar-refractivity contribution is -0.120. The highest BCUT2D eigenvalue weighted by Gasteiger charge is 2.24. The summed E-state index contributed by atoms with van der Waals surface area (Å²) in [4.78, 5) is 32.1. The average Bonchev–Trinajstić information content (AvgIpc) is 2.89. The van der Waals surface area contributed by atoms with E-state index >= 15 is 0 Å². The standard InChI is InChI=1S/C28H31N3O3/c1-2-34-28(33)23-15-13-21(14-16-23)20-25(32)30-26(22-10-5-3-6-11-22)24-12-9-17-29-27(24)31-18-7-4-8-19-31/h3,5-6,9-17,26H,2,4,7-8,18-20H2,1H3,(H,30,32). The number of nitrogens with zero attached hydrogens (tertiary/aromatic N) is 2. The summed E-state index contributed by atoms with van der Waals surface area (Å²) in [6.07, 6.45) is 5.58. The maximum absolute atomic E-state index is 13.1. The fraction of sp³-hybridized carbons (Fsp3) is 0.321. The van der Waals surface area contributed by atoms with E-state index < -0.39 is 0 Å². The molecule has 176 valence electrons. The first kappa shape index (κ1) is 23.5. The van der Waals surface area contributed by atoms with E-state index in [1.54, 1.807) is 31.2 Å². The van der Waals surface area contributed by atoms with Crippen molar-refractivity contribution in [2.45, 2.75) is 38.6 Å². The molecule has 1 N–H and O–H groups in total. The molecule has 2 aromatic carbocycles. The third-order valence-corrected chi connectivity index (χ3v) is 6.05. The summed E-state index contributed by atoms with van der Waals surface area (Å²) in [7, 11) is 0. The fourth-order valence-electron chi connectivity index (χ4n) is 4.36. The smallest absolute Gasteiger partial charge is 0.338 e. The van der Waals surface area contributed by atoms with E-state index in [0.29, 0.717) is 12.2 Å². The summed E-state index contributed by atoms with van der Waals surface area (Å²) in [5.41, 5.74) is 3.33. The maximum Gasteiger partial charge on any atom is 0.338 e. The predicted molar refractivity (Wildman–Crippen MR) is 133 cm³/mol. The molecule has 3 aromatic rings. The van der Waals surface area contributed by atoms with Gasteiger partial charge in [-0.05, 0) is 55.5 Å². The van der Waals surface area contributed by atoms with Crippen molar-refractivity contribution < 1.29 is 14.3 Å². The van der Waals surface area contributed by atoms with E-state index in [1.807, 2.05) is 42.6 Å². The van der Waals surface area contributed by atoms with Crippen LogP contribution in [0.1, 0.15) is 59.3 Å². The highest BCUT2D eigenvalue weighted by Crippen LogP contribution is 2.31. The van der Waals surface area contributed by atoms with Crippen molar-refractivity contribution in [3.8, 4) is 0 Å². The van der Waals surface area contributed by atoms with Gasteiger partial charge in [0.2, 0.25) is 5.91 Å². The first-order valence-electron chi connectivity index (χ1n) is 12.0. The number of carbonyl (C=O) groups excluding carboxylic acids is 2. The molecule has 1 aromatic heterocycles. The Kier molecular flexibility index (Phi) is 7.91. The molecule has 4 rings (SSSR count). The number of amides is 1. The largest absolute Gasteiger partial charge is 0.462 e. The van der Waals surface area contributed by atoms with Crippen LogP contribution in [0.3, 0.4) is 0 Å². The lowest BCUT2D eigenvalue weighted by Crippen LogP contribution is -2.35. The molecule has 34 heavy (non-hydrogen) atoms. The molecule has 1 atom stereocenters. The van der Waals surface area contributed by atoms with Gasteiger partial charge in [0.05, 0.1) is 24.6 Å². The number of pyridine rings is 1. The number of hydrogen-bond donors (Lipinski definition) is 1. The molecule has 6 heteroatoms. The van der Waals surface area contributed by atoms with Crippen LogP contribution < -0.4 is 10.2 Å². The molecule has 2 heterocycles. The fourth-order valence-corrected chi connectivity index (χ4v) is 4.36. The zero-order chi connectivity index (χ0) is 23.8. The van der Waals surface area contributed by atoms with Crippen molar-refractivity contribution in [3.63, 3.8) is 0 Å². The number of nitrogens with one attached hydrogen (secondary N) is 1. The number of rotatable bonds is 8. The van der Waals surface area contributed by atoms with Crippen LogP contribution in [0.5, 0.6) is 0 Å². The lowest BCUT2D eigenvalue weighted by atomic mass is 9.97. The van der Waals surface area contributed by atoms with E-state index in [4.69, 9.17) is 9.72 Å². The minimum atomic E-state index is -0.357. The molecule has 1 fully saturated rings. The van der Waals surface area contributed by atoms with Crippen molar-refractivity contribution in [2.75, 3.05) is 24.6 Å². The number of aromatic nitrogens is 1. The first-order valence-corrected chi connectivity index (χ1v) is 12.0. The van der Waals surface area contributed by atoms with Gasteiger partial charge in [-0.15, -0.1) is 0 Å². The van der Waals surface area contributed by atoms with Crippen molar-refractivity contribution >= 4 is 17.7 Å². The number of esters is 1. The number of carbonyl (C=O) groups is 2. The Morgan fingerprint density at radius 2 is 1.71 bits per heavy atom. The normalized spacial score (nSPS) is 14.3. The third-order valence-electron chi connectivity index (χ3n) is 6.05. The summed E-state index contributed by atoms with van der Waals surface area (Å²) in [5.74, 6) is 0.491. The van der Waals surface area contributed by atoms with Gasteiger partial charge in [0.15, 0.2) is 0 Å². The Hall–Kier alpha value is -3.67. The first-order chi connectivity index (χ1) is 16.7. The molecular formula is C28H31N3O3. The van der Waals surface area contributed by atoms with Gasteiger partial charge in [-0.2, -0.15) is 0 Å². The second kappa shape index (κ2) is 11.5. The Morgan fingerprint density at radius 1 is 0.971 bits per heavy atom. The molecule has 0 spiro atoms. The quantitative estimate of drug-likeness (QED) is 0.497. The summed E-state index contributed by atoms with van der Waals surface area (Å²) in [5, 5.41) is 3.24. The Balaban J connectivity index is 1.55. The molecule has 1 amide bonds. The third kappa shape index (κ3) is 5.81. The molecule has 1 saturated heterocycles. The Bertz CT molecular complexity index is 1090. The molecule has 1 aliphatic rings. The van der Waals surface area contributed by atoms with Gasteiger partial charge in [0.1, 0.15) is 5.82 Å². The van der Waals surface area contributed by atoms with Crippen molar-refractivity contribution in [1.29, 1.82) is 0 Å². The summed E-state index contributed by atoms with van der Waals surface area (Å²) in [6.45, 7) is 4.06. The Morgan fingerprint density at radius 3 is 2.41 bits per heavy atom. The number of anilines is 1. The minimum Gasteiger partial charge on any atom is -0.462 e. The van der Waals surface area contributed by atoms with E-state index in [1.165, 1.54) is 6.42 Å². The summed E-state index contributed by atoms with van der Waals surface area (Å²) < 4.78 is 5.03. The molecule has 1 aliphatic heterocycles. The molecular weight excluding hydrogens is 426 g/mol. The van der Waals surface area contributed by atoms with Gasteiger partial charge in [0, 0.05) is 24.8 Å².